The molecule has 1 amide bonds. The summed E-state index contributed by atoms with van der Waals surface area (Å²) in [5.41, 5.74) is -2.99. The van der Waals surface area contributed by atoms with E-state index in [0.29, 0.717) is 31.7 Å². The van der Waals surface area contributed by atoms with Gasteiger partial charge in [-0.05, 0) is 36.6 Å². The predicted molar refractivity (Wildman–Crippen MR) is 99.3 cm³/mol. The fourth-order valence-corrected chi connectivity index (χ4v) is 4.11. The molecule has 1 atom stereocenters. The van der Waals surface area contributed by atoms with Crippen molar-refractivity contribution in [2.45, 2.75) is 43.5 Å². The third-order valence-corrected chi connectivity index (χ3v) is 5.68. The van der Waals surface area contributed by atoms with Crippen LogP contribution in [0.25, 0.3) is 0 Å². The number of benzene rings is 1. The molecule has 156 valence electrons. The SMILES string of the molecule is O=C(NC(c1ccc(F)cc1Cl)C1(O)CCCC1)c1nccc(C(F)(F)F)c1Cl. The van der Waals surface area contributed by atoms with Crippen molar-refractivity contribution in [3.05, 3.63) is 63.1 Å². The Bertz CT molecular complexity index is 931. The second-order valence-corrected chi connectivity index (χ2v) is 7.69. The van der Waals surface area contributed by atoms with Crippen LogP contribution in [0.1, 0.15) is 53.3 Å². The Morgan fingerprint density at radius 3 is 2.45 bits per heavy atom. The van der Waals surface area contributed by atoms with Gasteiger partial charge in [-0.15, -0.1) is 0 Å². The van der Waals surface area contributed by atoms with E-state index in [1.807, 2.05) is 0 Å². The maximum atomic E-state index is 13.5. The topological polar surface area (TPSA) is 62.2 Å². The highest BCUT2D eigenvalue weighted by Crippen LogP contribution is 2.42. The van der Waals surface area contributed by atoms with Crippen LogP contribution in [0.2, 0.25) is 10.0 Å². The van der Waals surface area contributed by atoms with Crippen LogP contribution in [-0.2, 0) is 6.18 Å². The molecule has 1 aromatic carbocycles. The molecule has 10 heteroatoms. The standard InChI is InChI=1S/C19H16Cl2F4N2O2/c20-13-9-10(22)3-4-11(13)16(18(29)6-1-2-7-18)27-17(28)15-14(21)12(5-8-26-15)19(23,24)25/h3-5,8-9,16,29H,1-2,6-7H2,(H,27,28). The van der Waals surface area contributed by atoms with E-state index in [4.69, 9.17) is 23.2 Å². The van der Waals surface area contributed by atoms with E-state index in [2.05, 4.69) is 10.3 Å². The number of nitrogens with zero attached hydrogens (tertiary/aromatic N) is 1. The number of aliphatic hydroxyl groups is 1. The van der Waals surface area contributed by atoms with Crippen LogP contribution in [0.15, 0.2) is 30.5 Å². The average molecular weight is 451 g/mol. The Morgan fingerprint density at radius 1 is 1.21 bits per heavy atom. The monoisotopic (exact) mass is 450 g/mol. The molecule has 1 aromatic heterocycles. The Kier molecular flexibility index (Phi) is 6.08. The molecule has 0 aliphatic heterocycles. The van der Waals surface area contributed by atoms with Gasteiger partial charge >= 0.3 is 6.18 Å². The molecule has 1 fully saturated rings. The normalized spacial score (nSPS) is 17.2. The number of aromatic nitrogens is 1. The zero-order chi connectivity index (χ0) is 21.4. The molecule has 0 bridgehead atoms. The number of rotatable bonds is 4. The first-order valence-electron chi connectivity index (χ1n) is 8.73. The first-order valence-corrected chi connectivity index (χ1v) is 9.48. The molecule has 2 N–H and O–H groups in total. The molecule has 29 heavy (non-hydrogen) atoms. The molecule has 1 saturated carbocycles. The second-order valence-electron chi connectivity index (χ2n) is 6.90. The molecule has 3 rings (SSSR count). The number of carbonyl (C=O) groups is 1. The lowest BCUT2D eigenvalue weighted by atomic mass is 9.86. The molecular weight excluding hydrogens is 435 g/mol. The minimum absolute atomic E-state index is 0.0290. The van der Waals surface area contributed by atoms with Gasteiger partial charge in [0.05, 0.1) is 22.2 Å². The van der Waals surface area contributed by atoms with Gasteiger partial charge in [0.25, 0.3) is 5.91 Å². The van der Waals surface area contributed by atoms with Crippen LogP contribution in [-0.4, -0.2) is 21.6 Å². The summed E-state index contributed by atoms with van der Waals surface area (Å²) in [6.07, 6.45) is -1.91. The van der Waals surface area contributed by atoms with Crippen LogP contribution in [0.3, 0.4) is 0 Å². The van der Waals surface area contributed by atoms with Crippen molar-refractivity contribution in [1.29, 1.82) is 0 Å². The highest BCUT2D eigenvalue weighted by molar-refractivity contribution is 6.34. The Balaban J connectivity index is 2.00. The van der Waals surface area contributed by atoms with Gasteiger partial charge in [-0.3, -0.25) is 4.79 Å². The summed E-state index contributed by atoms with van der Waals surface area (Å²) in [4.78, 5) is 16.4. The predicted octanol–water partition coefficient (Wildman–Crippen LogP) is 5.32. The Morgan fingerprint density at radius 2 is 1.86 bits per heavy atom. The molecular formula is C19H16Cl2F4N2O2. The van der Waals surface area contributed by atoms with E-state index in [9.17, 15) is 27.5 Å². The van der Waals surface area contributed by atoms with Gasteiger partial charge < -0.3 is 10.4 Å². The fourth-order valence-electron chi connectivity index (χ4n) is 3.53. The summed E-state index contributed by atoms with van der Waals surface area (Å²) in [6, 6.07) is 3.05. The lowest BCUT2D eigenvalue weighted by Crippen LogP contribution is -2.45. The van der Waals surface area contributed by atoms with E-state index < -0.39 is 45.8 Å². The number of hydrogen-bond donors (Lipinski definition) is 2. The third-order valence-electron chi connectivity index (χ3n) is 4.97. The van der Waals surface area contributed by atoms with E-state index in [1.165, 1.54) is 6.07 Å². The number of amides is 1. The lowest BCUT2D eigenvalue weighted by Gasteiger charge is -2.34. The van der Waals surface area contributed by atoms with Crippen LogP contribution in [0.5, 0.6) is 0 Å². The molecule has 1 heterocycles. The van der Waals surface area contributed by atoms with Crippen molar-refractivity contribution in [3.8, 4) is 0 Å². The largest absolute Gasteiger partial charge is 0.417 e. The summed E-state index contributed by atoms with van der Waals surface area (Å²) < 4.78 is 52.7. The molecule has 2 aromatic rings. The van der Waals surface area contributed by atoms with Gasteiger partial charge in [-0.1, -0.05) is 42.1 Å². The van der Waals surface area contributed by atoms with Crippen LogP contribution in [0.4, 0.5) is 17.6 Å². The summed E-state index contributed by atoms with van der Waals surface area (Å²) in [5.74, 6) is -1.61. The number of pyridine rings is 1. The van der Waals surface area contributed by atoms with Crippen molar-refractivity contribution in [2.24, 2.45) is 0 Å². The fraction of sp³-hybridized carbons (Fsp3) is 0.368. The van der Waals surface area contributed by atoms with Crippen molar-refractivity contribution in [3.63, 3.8) is 0 Å². The first-order chi connectivity index (χ1) is 13.5. The van der Waals surface area contributed by atoms with Gasteiger partial charge in [-0.2, -0.15) is 13.2 Å². The maximum absolute atomic E-state index is 13.5. The van der Waals surface area contributed by atoms with E-state index in [-0.39, 0.29) is 10.6 Å². The summed E-state index contributed by atoms with van der Waals surface area (Å²) in [7, 11) is 0. The summed E-state index contributed by atoms with van der Waals surface area (Å²) in [6.45, 7) is 0. The van der Waals surface area contributed by atoms with Crippen LogP contribution in [0, 0.1) is 5.82 Å². The zero-order valence-electron chi connectivity index (χ0n) is 14.9. The van der Waals surface area contributed by atoms with Crippen LogP contribution < -0.4 is 5.32 Å². The van der Waals surface area contributed by atoms with Crippen molar-refractivity contribution in [2.75, 3.05) is 0 Å². The van der Waals surface area contributed by atoms with Crippen molar-refractivity contribution >= 4 is 29.1 Å². The highest BCUT2D eigenvalue weighted by atomic mass is 35.5. The van der Waals surface area contributed by atoms with E-state index in [1.54, 1.807) is 0 Å². The molecule has 1 unspecified atom stereocenters. The molecule has 1 aliphatic rings. The van der Waals surface area contributed by atoms with Gasteiger partial charge in [0.15, 0.2) is 0 Å². The molecule has 0 spiro atoms. The minimum atomic E-state index is -4.77. The summed E-state index contributed by atoms with van der Waals surface area (Å²) >= 11 is 11.9. The molecule has 0 saturated heterocycles. The Labute approximate surface area is 173 Å². The molecule has 0 radical (unpaired) electrons. The van der Waals surface area contributed by atoms with Crippen molar-refractivity contribution in [1.82, 2.24) is 10.3 Å². The minimum Gasteiger partial charge on any atom is -0.387 e. The van der Waals surface area contributed by atoms with Gasteiger partial charge in [-0.25, -0.2) is 9.37 Å². The first kappa shape index (κ1) is 21.8. The van der Waals surface area contributed by atoms with Gasteiger partial charge in [0, 0.05) is 11.2 Å². The Hall–Kier alpha value is -1.90. The highest BCUT2D eigenvalue weighted by Gasteiger charge is 2.43. The smallest absolute Gasteiger partial charge is 0.387 e. The molecule has 4 nitrogen and oxygen atoms in total. The number of alkyl halides is 3. The van der Waals surface area contributed by atoms with E-state index >= 15 is 0 Å². The number of halogens is 6. The van der Waals surface area contributed by atoms with Gasteiger partial charge in [0.1, 0.15) is 11.5 Å². The quantitative estimate of drug-likeness (QED) is 0.619. The number of carbonyl (C=O) groups excluding carboxylic acids is 1. The van der Waals surface area contributed by atoms with E-state index in [0.717, 1.165) is 18.3 Å². The average Bonchev–Trinajstić information content (AvgIpc) is 3.07. The lowest BCUT2D eigenvalue weighted by molar-refractivity contribution is -0.137. The van der Waals surface area contributed by atoms with Crippen LogP contribution >= 0.6 is 23.2 Å². The second kappa shape index (κ2) is 8.08. The third kappa shape index (κ3) is 4.49. The van der Waals surface area contributed by atoms with Crippen molar-refractivity contribution < 1.29 is 27.5 Å². The maximum Gasteiger partial charge on any atom is 0.417 e. The zero-order valence-corrected chi connectivity index (χ0v) is 16.4. The summed E-state index contributed by atoms with van der Waals surface area (Å²) in [5, 5.41) is 12.7. The number of hydrogen-bond acceptors (Lipinski definition) is 3. The number of nitrogens with one attached hydrogen (secondary N) is 1. The molecule has 1 aliphatic carbocycles. The van der Waals surface area contributed by atoms with Gasteiger partial charge in [0.2, 0.25) is 0 Å².